The Morgan fingerprint density at radius 3 is 2.70 bits per heavy atom. The highest BCUT2D eigenvalue weighted by Crippen LogP contribution is 2.62. The zero-order chi connectivity index (χ0) is 21.7. The number of hydrogen-bond acceptors (Lipinski definition) is 2. The molecule has 5 heteroatoms. The maximum atomic E-state index is 13.4. The summed E-state index contributed by atoms with van der Waals surface area (Å²) in [7, 11) is 0. The number of pyridine rings is 1. The normalized spacial score (nSPS) is 27.0. The van der Waals surface area contributed by atoms with Crippen molar-refractivity contribution in [2.45, 2.75) is 78.8 Å². The molecule has 0 radical (unpaired) electrons. The highest BCUT2D eigenvalue weighted by atomic mass is 79.9. The fraction of sp³-hybridized carbons (Fsp3) is 0.600. The number of halogens is 1. The van der Waals surface area contributed by atoms with Crippen molar-refractivity contribution in [3.05, 3.63) is 44.7 Å². The Morgan fingerprint density at radius 2 is 2.03 bits per heavy atom. The summed E-state index contributed by atoms with van der Waals surface area (Å²) >= 11 is 3.48. The lowest BCUT2D eigenvalue weighted by Crippen LogP contribution is -2.53. The summed E-state index contributed by atoms with van der Waals surface area (Å²) in [6.45, 7) is 9.83. The summed E-state index contributed by atoms with van der Waals surface area (Å²) < 4.78 is 2.94. The number of carbonyl (C=O) groups excluding carboxylic acids is 1. The van der Waals surface area contributed by atoms with Crippen LogP contribution in [0.25, 0.3) is 10.9 Å². The van der Waals surface area contributed by atoms with Crippen molar-refractivity contribution in [1.29, 1.82) is 0 Å². The first-order chi connectivity index (χ1) is 14.2. The summed E-state index contributed by atoms with van der Waals surface area (Å²) in [6, 6.07) is 5.86. The van der Waals surface area contributed by atoms with Gasteiger partial charge in [0.2, 0.25) is 5.43 Å². The Balaban J connectivity index is 1.72. The van der Waals surface area contributed by atoms with Crippen molar-refractivity contribution in [3.8, 4) is 0 Å². The average Bonchev–Trinajstić information content (AvgIpc) is 3.18. The molecule has 1 aromatic carbocycles. The van der Waals surface area contributed by atoms with Crippen molar-refractivity contribution in [1.82, 2.24) is 9.88 Å². The summed E-state index contributed by atoms with van der Waals surface area (Å²) in [5.41, 5.74) is 1.16. The predicted molar refractivity (Wildman–Crippen MR) is 126 cm³/mol. The van der Waals surface area contributed by atoms with Crippen LogP contribution in [0.4, 0.5) is 0 Å². The lowest BCUT2D eigenvalue weighted by molar-refractivity contribution is 0.0736. The fourth-order valence-electron chi connectivity index (χ4n) is 6.12. The molecule has 1 amide bonds. The van der Waals surface area contributed by atoms with Crippen LogP contribution in [0.3, 0.4) is 0 Å². The number of rotatable bonds is 6. The monoisotopic (exact) mass is 472 g/mol. The van der Waals surface area contributed by atoms with E-state index in [0.717, 1.165) is 48.6 Å². The van der Waals surface area contributed by atoms with E-state index in [2.05, 4.69) is 53.5 Å². The molecule has 2 aliphatic carbocycles. The van der Waals surface area contributed by atoms with Crippen LogP contribution in [-0.2, 0) is 6.54 Å². The number of aryl methyl sites for hydroxylation is 1. The molecule has 162 valence electrons. The van der Waals surface area contributed by atoms with Crippen LogP contribution in [-0.4, -0.2) is 16.5 Å². The SMILES string of the molecule is CCCCCn1cc(C(=O)NC2C(C)(C)[C@H]3CC[C@]2(C)C3)c(=O)c2cc(Br)ccc21. The van der Waals surface area contributed by atoms with E-state index < -0.39 is 0 Å². The van der Waals surface area contributed by atoms with Gasteiger partial charge in [-0.25, -0.2) is 0 Å². The molecule has 1 unspecified atom stereocenters. The zero-order valence-corrected chi connectivity index (χ0v) is 20.1. The second kappa shape index (κ2) is 7.81. The molecule has 1 aromatic heterocycles. The molecule has 4 rings (SSSR count). The molecule has 1 N–H and O–H groups in total. The van der Waals surface area contributed by atoms with Gasteiger partial charge < -0.3 is 9.88 Å². The minimum absolute atomic E-state index is 0.0582. The highest BCUT2D eigenvalue weighted by molar-refractivity contribution is 9.10. The molecule has 2 bridgehead atoms. The second-order valence-corrected chi connectivity index (χ2v) is 11.2. The molecule has 3 atom stereocenters. The molecule has 2 fully saturated rings. The van der Waals surface area contributed by atoms with Gasteiger partial charge >= 0.3 is 0 Å². The quantitative estimate of drug-likeness (QED) is 0.532. The minimum Gasteiger partial charge on any atom is -0.348 e. The third-order valence-corrected chi connectivity index (χ3v) is 8.33. The third-order valence-electron chi connectivity index (χ3n) is 7.83. The van der Waals surface area contributed by atoms with E-state index in [0.29, 0.717) is 11.3 Å². The van der Waals surface area contributed by atoms with Crippen LogP contribution in [0.1, 0.15) is 76.6 Å². The molecule has 2 aliphatic rings. The fourth-order valence-corrected chi connectivity index (χ4v) is 6.48. The molecule has 4 nitrogen and oxygen atoms in total. The molecular formula is C25H33BrN2O2. The standard InChI is InChI=1S/C25H33BrN2O2/c1-5-6-7-12-28-15-19(21(29)18-13-17(26)8-9-20(18)28)22(30)27-23-24(2,3)16-10-11-25(23,4)14-16/h8-9,13,15-16,23H,5-7,10-12,14H2,1-4H3,(H,27,30)/t16-,23?,25+/m0/s1. The van der Waals surface area contributed by atoms with Crippen LogP contribution in [0.2, 0.25) is 0 Å². The number of carbonyl (C=O) groups is 1. The Kier molecular flexibility index (Phi) is 5.63. The molecular weight excluding hydrogens is 440 g/mol. The van der Waals surface area contributed by atoms with Crippen molar-refractivity contribution in [2.24, 2.45) is 16.7 Å². The van der Waals surface area contributed by atoms with Gasteiger partial charge in [0.25, 0.3) is 5.91 Å². The van der Waals surface area contributed by atoms with E-state index in [-0.39, 0.29) is 33.8 Å². The van der Waals surface area contributed by atoms with Crippen LogP contribution < -0.4 is 10.7 Å². The van der Waals surface area contributed by atoms with Crippen LogP contribution in [0, 0.1) is 16.7 Å². The molecule has 0 aliphatic heterocycles. The summed E-state index contributed by atoms with van der Waals surface area (Å²) in [5, 5.41) is 3.91. The van der Waals surface area contributed by atoms with Gasteiger partial charge in [0.05, 0.1) is 5.52 Å². The van der Waals surface area contributed by atoms with Crippen molar-refractivity contribution in [2.75, 3.05) is 0 Å². The van der Waals surface area contributed by atoms with Gasteiger partial charge in [-0.2, -0.15) is 0 Å². The number of aromatic nitrogens is 1. The maximum absolute atomic E-state index is 13.4. The number of hydrogen-bond donors (Lipinski definition) is 1. The number of amides is 1. The largest absolute Gasteiger partial charge is 0.348 e. The Bertz CT molecular complexity index is 1040. The number of unbranched alkanes of at least 4 members (excludes halogenated alkanes) is 2. The van der Waals surface area contributed by atoms with Gasteiger partial charge in [0.15, 0.2) is 0 Å². The number of fused-ring (bicyclic) bond motifs is 3. The molecule has 0 saturated heterocycles. The summed E-state index contributed by atoms with van der Waals surface area (Å²) in [4.78, 5) is 26.7. The van der Waals surface area contributed by atoms with E-state index in [1.54, 1.807) is 6.20 Å². The zero-order valence-electron chi connectivity index (χ0n) is 18.6. The van der Waals surface area contributed by atoms with Gasteiger partial charge in [-0.05, 0) is 60.6 Å². The maximum Gasteiger partial charge on any atom is 0.257 e. The smallest absolute Gasteiger partial charge is 0.257 e. The molecule has 1 heterocycles. The van der Waals surface area contributed by atoms with Gasteiger partial charge in [0.1, 0.15) is 5.56 Å². The Hall–Kier alpha value is -1.62. The Labute approximate surface area is 187 Å². The van der Waals surface area contributed by atoms with Crippen LogP contribution in [0.15, 0.2) is 33.7 Å². The highest BCUT2D eigenvalue weighted by Gasteiger charge is 2.59. The topological polar surface area (TPSA) is 51.1 Å². The number of nitrogens with one attached hydrogen (secondary N) is 1. The number of benzene rings is 1. The second-order valence-electron chi connectivity index (χ2n) is 10.3. The predicted octanol–water partition coefficient (Wildman–Crippen LogP) is 5.90. The van der Waals surface area contributed by atoms with E-state index >= 15 is 0 Å². The van der Waals surface area contributed by atoms with E-state index in [1.165, 1.54) is 6.42 Å². The molecule has 2 aromatic rings. The average molecular weight is 473 g/mol. The first-order valence-corrected chi connectivity index (χ1v) is 12.1. The van der Waals surface area contributed by atoms with E-state index in [1.807, 2.05) is 18.2 Å². The van der Waals surface area contributed by atoms with Gasteiger partial charge in [-0.3, -0.25) is 9.59 Å². The molecule has 30 heavy (non-hydrogen) atoms. The third kappa shape index (κ3) is 3.53. The Morgan fingerprint density at radius 1 is 1.27 bits per heavy atom. The van der Waals surface area contributed by atoms with Crippen LogP contribution in [0.5, 0.6) is 0 Å². The lowest BCUT2D eigenvalue weighted by Gasteiger charge is -2.43. The van der Waals surface area contributed by atoms with E-state index in [4.69, 9.17) is 0 Å². The van der Waals surface area contributed by atoms with E-state index in [9.17, 15) is 9.59 Å². The summed E-state index contributed by atoms with van der Waals surface area (Å²) in [5.74, 6) is 0.420. The molecule has 0 spiro atoms. The lowest BCUT2D eigenvalue weighted by atomic mass is 9.68. The first kappa shape index (κ1) is 21.6. The summed E-state index contributed by atoms with van der Waals surface area (Å²) in [6.07, 6.45) is 8.63. The van der Waals surface area contributed by atoms with Crippen molar-refractivity contribution in [3.63, 3.8) is 0 Å². The van der Waals surface area contributed by atoms with Crippen LogP contribution >= 0.6 is 15.9 Å². The van der Waals surface area contributed by atoms with Gasteiger partial charge in [-0.1, -0.05) is 56.5 Å². The first-order valence-electron chi connectivity index (χ1n) is 11.3. The number of nitrogens with zero attached hydrogens (tertiary/aromatic N) is 1. The van der Waals surface area contributed by atoms with Gasteiger partial charge in [-0.15, -0.1) is 0 Å². The minimum atomic E-state index is -0.224. The molecule has 2 saturated carbocycles. The van der Waals surface area contributed by atoms with Crippen molar-refractivity contribution >= 4 is 32.7 Å². The van der Waals surface area contributed by atoms with Gasteiger partial charge in [0, 0.05) is 28.6 Å². The van der Waals surface area contributed by atoms with Crippen molar-refractivity contribution < 1.29 is 4.79 Å².